The van der Waals surface area contributed by atoms with Gasteiger partial charge >= 0.3 is 11.8 Å². The van der Waals surface area contributed by atoms with E-state index in [2.05, 4.69) is 10.6 Å². The second-order valence-corrected chi connectivity index (χ2v) is 7.18. The van der Waals surface area contributed by atoms with Gasteiger partial charge in [-0.2, -0.15) is 0 Å². The number of hydrogen-bond acceptors (Lipinski definition) is 7. The van der Waals surface area contributed by atoms with Gasteiger partial charge in [0.2, 0.25) is 0 Å². The molecule has 0 bridgehead atoms. The van der Waals surface area contributed by atoms with Crippen LogP contribution in [-0.4, -0.2) is 28.4 Å². The van der Waals surface area contributed by atoms with Crippen LogP contribution in [0.2, 0.25) is 0 Å². The number of nitrogens with zero attached hydrogens (tertiary/aromatic N) is 1. The third-order valence-corrected chi connectivity index (χ3v) is 5.19. The largest absolute Gasteiger partial charge is 0.466 e. The number of aliphatic hydroxyl groups is 1. The molecule has 0 radical (unpaired) electrons. The zero-order valence-corrected chi connectivity index (χ0v) is 16.1. The summed E-state index contributed by atoms with van der Waals surface area (Å²) in [6.45, 7) is 1.34. The highest BCUT2D eigenvalue weighted by Crippen LogP contribution is 2.32. The molecule has 0 aliphatic heterocycles. The van der Waals surface area contributed by atoms with Crippen LogP contribution in [0.25, 0.3) is 0 Å². The number of aryl methyl sites for hydroxylation is 1. The lowest BCUT2D eigenvalue weighted by atomic mass is 9.98. The topological polar surface area (TPSA) is 135 Å². The number of nitro groups is 1. The maximum absolute atomic E-state index is 12.3. The van der Waals surface area contributed by atoms with Gasteiger partial charge in [-0.15, -0.1) is 11.3 Å². The first-order valence-electron chi connectivity index (χ1n) is 8.46. The van der Waals surface area contributed by atoms with Crippen molar-refractivity contribution < 1.29 is 24.0 Å². The second-order valence-electron chi connectivity index (χ2n) is 6.23. The number of hydrogen-bond donors (Lipinski definition) is 3. The van der Waals surface area contributed by atoms with Crippen LogP contribution < -0.4 is 10.6 Å². The summed E-state index contributed by atoms with van der Waals surface area (Å²) in [4.78, 5) is 35.5. The quantitative estimate of drug-likeness (QED) is 0.322. The van der Waals surface area contributed by atoms with Gasteiger partial charge in [0.1, 0.15) is 11.4 Å². The van der Waals surface area contributed by atoms with E-state index in [-0.39, 0.29) is 23.7 Å². The summed E-state index contributed by atoms with van der Waals surface area (Å²) in [7, 11) is 0. The van der Waals surface area contributed by atoms with E-state index in [1.54, 1.807) is 42.6 Å². The predicted molar refractivity (Wildman–Crippen MR) is 105 cm³/mol. The Morgan fingerprint density at radius 2 is 2.03 bits per heavy atom. The van der Waals surface area contributed by atoms with Crippen molar-refractivity contribution in [3.05, 3.63) is 80.4 Å². The Bertz CT molecular complexity index is 996. The lowest BCUT2D eigenvalue weighted by Crippen LogP contribution is -2.44. The van der Waals surface area contributed by atoms with Crippen LogP contribution in [-0.2, 0) is 15.2 Å². The standard InChI is InChI=1S/C19H17N3O6S/c1-12-6-7-13(14(10-12)22(26)27)21-18(24)17(23)20-11-19(25,15-4-2-8-28-15)16-5-3-9-29-16/h2-10,25H,11H2,1H3,(H,20,23)(H,21,24). The van der Waals surface area contributed by atoms with Crippen molar-refractivity contribution in [2.75, 3.05) is 11.9 Å². The van der Waals surface area contributed by atoms with Gasteiger partial charge < -0.3 is 20.2 Å². The minimum Gasteiger partial charge on any atom is -0.466 e. The number of nitro benzene ring substituents is 1. The molecule has 0 saturated heterocycles. The molecule has 1 aromatic carbocycles. The number of carbonyl (C=O) groups is 2. The average Bonchev–Trinajstić information content (AvgIpc) is 3.41. The van der Waals surface area contributed by atoms with E-state index in [1.807, 2.05) is 0 Å². The van der Waals surface area contributed by atoms with Crippen molar-refractivity contribution in [2.24, 2.45) is 0 Å². The number of thiophene rings is 1. The Morgan fingerprint density at radius 3 is 2.66 bits per heavy atom. The summed E-state index contributed by atoms with van der Waals surface area (Å²) in [5.41, 5.74) is -1.44. The van der Waals surface area contributed by atoms with Crippen LogP contribution in [0.1, 0.15) is 16.2 Å². The van der Waals surface area contributed by atoms with Crippen molar-refractivity contribution in [2.45, 2.75) is 12.5 Å². The van der Waals surface area contributed by atoms with Gasteiger partial charge in [-0.3, -0.25) is 19.7 Å². The van der Waals surface area contributed by atoms with Crippen molar-refractivity contribution in [3.63, 3.8) is 0 Å². The SMILES string of the molecule is Cc1ccc(NC(=O)C(=O)NCC(O)(c2ccco2)c2cccs2)c([N+](=O)[O-])c1. The Labute approximate surface area is 169 Å². The Balaban J connectivity index is 1.73. The molecule has 1 atom stereocenters. The number of anilines is 1. The van der Waals surface area contributed by atoms with Gasteiger partial charge in [-0.25, -0.2) is 0 Å². The summed E-state index contributed by atoms with van der Waals surface area (Å²) in [5.74, 6) is -1.94. The molecular formula is C19H17N3O6S. The van der Waals surface area contributed by atoms with E-state index in [0.717, 1.165) is 0 Å². The molecule has 2 aromatic heterocycles. The van der Waals surface area contributed by atoms with Crippen molar-refractivity contribution >= 4 is 34.5 Å². The molecule has 2 heterocycles. The molecule has 150 valence electrons. The smallest absolute Gasteiger partial charge is 0.313 e. The monoisotopic (exact) mass is 415 g/mol. The lowest BCUT2D eigenvalue weighted by molar-refractivity contribution is -0.384. The fraction of sp³-hybridized carbons (Fsp3) is 0.158. The fourth-order valence-corrected chi connectivity index (χ4v) is 3.52. The van der Waals surface area contributed by atoms with Crippen LogP contribution >= 0.6 is 11.3 Å². The maximum atomic E-state index is 12.3. The zero-order valence-electron chi connectivity index (χ0n) is 15.2. The molecule has 29 heavy (non-hydrogen) atoms. The maximum Gasteiger partial charge on any atom is 0.313 e. The van der Waals surface area contributed by atoms with E-state index < -0.39 is 22.3 Å². The van der Waals surface area contributed by atoms with E-state index in [0.29, 0.717) is 10.4 Å². The number of benzene rings is 1. The van der Waals surface area contributed by atoms with Gasteiger partial charge in [0.15, 0.2) is 5.60 Å². The third-order valence-electron chi connectivity index (χ3n) is 4.17. The molecule has 3 aromatic rings. The predicted octanol–water partition coefficient (Wildman–Crippen LogP) is 2.55. The molecule has 0 spiro atoms. The summed E-state index contributed by atoms with van der Waals surface area (Å²) in [6, 6.07) is 10.8. The van der Waals surface area contributed by atoms with Crippen molar-refractivity contribution in [1.29, 1.82) is 0 Å². The molecule has 0 aliphatic carbocycles. The number of carbonyl (C=O) groups excluding carboxylic acids is 2. The molecule has 3 rings (SSSR count). The second kappa shape index (κ2) is 8.25. The Kier molecular flexibility index (Phi) is 5.76. The first-order valence-corrected chi connectivity index (χ1v) is 9.34. The summed E-state index contributed by atoms with van der Waals surface area (Å²) in [6.07, 6.45) is 1.39. The first-order chi connectivity index (χ1) is 13.8. The van der Waals surface area contributed by atoms with Gasteiger partial charge in [0.25, 0.3) is 5.69 Å². The van der Waals surface area contributed by atoms with E-state index in [1.165, 1.54) is 29.7 Å². The summed E-state index contributed by atoms with van der Waals surface area (Å²) in [5, 5.41) is 28.6. The highest BCUT2D eigenvalue weighted by molar-refractivity contribution is 7.10. The minimum atomic E-state index is -1.66. The Hall–Kier alpha value is -3.50. The van der Waals surface area contributed by atoms with Crippen molar-refractivity contribution in [1.82, 2.24) is 5.32 Å². The highest BCUT2D eigenvalue weighted by Gasteiger charge is 2.36. The third kappa shape index (κ3) is 4.33. The van der Waals surface area contributed by atoms with Gasteiger partial charge in [0.05, 0.1) is 17.7 Å². The first kappa shape index (κ1) is 20.2. The van der Waals surface area contributed by atoms with Crippen LogP contribution in [0.15, 0.2) is 58.5 Å². The molecular weight excluding hydrogens is 398 g/mol. The number of furan rings is 1. The molecule has 2 amide bonds. The average molecular weight is 415 g/mol. The molecule has 10 heteroatoms. The number of amides is 2. The van der Waals surface area contributed by atoms with Crippen LogP contribution in [0, 0.1) is 17.0 Å². The molecule has 0 saturated carbocycles. The minimum absolute atomic E-state index is 0.0969. The van der Waals surface area contributed by atoms with E-state index in [9.17, 15) is 24.8 Å². The molecule has 1 unspecified atom stereocenters. The Morgan fingerprint density at radius 1 is 1.24 bits per heavy atom. The van der Waals surface area contributed by atoms with E-state index in [4.69, 9.17) is 4.42 Å². The molecule has 3 N–H and O–H groups in total. The van der Waals surface area contributed by atoms with Crippen LogP contribution in [0.5, 0.6) is 0 Å². The van der Waals surface area contributed by atoms with Gasteiger partial charge in [0, 0.05) is 10.9 Å². The van der Waals surface area contributed by atoms with Crippen LogP contribution in [0.3, 0.4) is 0 Å². The number of rotatable bonds is 6. The molecule has 0 aliphatic rings. The summed E-state index contributed by atoms with van der Waals surface area (Å²) >= 11 is 1.26. The van der Waals surface area contributed by atoms with E-state index >= 15 is 0 Å². The number of nitrogens with one attached hydrogen (secondary N) is 2. The summed E-state index contributed by atoms with van der Waals surface area (Å²) < 4.78 is 5.29. The van der Waals surface area contributed by atoms with Gasteiger partial charge in [-0.1, -0.05) is 12.1 Å². The highest BCUT2D eigenvalue weighted by atomic mass is 32.1. The molecule has 9 nitrogen and oxygen atoms in total. The van der Waals surface area contributed by atoms with Crippen molar-refractivity contribution in [3.8, 4) is 0 Å². The van der Waals surface area contributed by atoms with Crippen LogP contribution in [0.4, 0.5) is 11.4 Å². The molecule has 0 fully saturated rings. The van der Waals surface area contributed by atoms with Gasteiger partial charge in [-0.05, 0) is 42.1 Å². The lowest BCUT2D eigenvalue weighted by Gasteiger charge is -2.25. The normalized spacial score (nSPS) is 12.8. The fourth-order valence-electron chi connectivity index (χ4n) is 2.69. The zero-order chi connectivity index (χ0) is 21.0.